The number of aryl methyl sites for hydroxylation is 1. The number of hydrogen-bond acceptors (Lipinski definition) is 5. The Morgan fingerprint density at radius 2 is 2.08 bits per heavy atom. The summed E-state index contributed by atoms with van der Waals surface area (Å²) in [6.45, 7) is 1.94. The van der Waals surface area contributed by atoms with Gasteiger partial charge < -0.3 is 9.15 Å². The van der Waals surface area contributed by atoms with Crippen molar-refractivity contribution in [3.05, 3.63) is 74.8 Å². The van der Waals surface area contributed by atoms with Gasteiger partial charge >= 0.3 is 5.97 Å². The number of halogens is 1. The molecule has 0 saturated carbocycles. The minimum absolute atomic E-state index is 0.214. The molecule has 4 rings (SSSR count). The van der Waals surface area contributed by atoms with Gasteiger partial charge in [0.15, 0.2) is 5.70 Å². The van der Waals surface area contributed by atoms with E-state index < -0.39 is 5.97 Å². The molecule has 1 aromatic carbocycles. The van der Waals surface area contributed by atoms with Crippen LogP contribution in [0, 0.1) is 6.92 Å². The number of ether oxygens (including phenoxy) is 1. The molecule has 0 spiro atoms. The van der Waals surface area contributed by atoms with Gasteiger partial charge in [-0.15, -0.1) is 11.3 Å². The molecular formula is C19H12ClNO3S. The summed E-state index contributed by atoms with van der Waals surface area (Å²) in [6, 6.07) is 13.1. The van der Waals surface area contributed by atoms with Crippen molar-refractivity contribution in [2.24, 2.45) is 4.99 Å². The highest BCUT2D eigenvalue weighted by atomic mass is 35.5. The highest BCUT2D eigenvalue weighted by Gasteiger charge is 2.25. The summed E-state index contributed by atoms with van der Waals surface area (Å²) >= 11 is 7.62. The van der Waals surface area contributed by atoms with Crippen LogP contribution in [-0.2, 0) is 9.53 Å². The number of cyclic esters (lactones) is 1. The zero-order valence-electron chi connectivity index (χ0n) is 13.2. The van der Waals surface area contributed by atoms with Gasteiger partial charge in [-0.2, -0.15) is 0 Å². The fraction of sp³-hybridized carbons (Fsp3) is 0.0526. The Morgan fingerprint density at radius 3 is 2.84 bits per heavy atom. The fourth-order valence-corrected chi connectivity index (χ4v) is 3.21. The van der Waals surface area contributed by atoms with Crippen molar-refractivity contribution in [1.29, 1.82) is 0 Å². The Hall–Kier alpha value is -2.63. The first-order valence-electron chi connectivity index (χ1n) is 7.53. The van der Waals surface area contributed by atoms with Gasteiger partial charge in [-0.25, -0.2) is 9.79 Å². The Morgan fingerprint density at radius 1 is 1.20 bits per heavy atom. The first-order chi connectivity index (χ1) is 12.1. The van der Waals surface area contributed by atoms with Crippen molar-refractivity contribution in [3.8, 4) is 11.3 Å². The Kier molecular flexibility index (Phi) is 4.03. The maximum atomic E-state index is 12.0. The average Bonchev–Trinajstić information content (AvgIpc) is 3.32. The van der Waals surface area contributed by atoms with Crippen molar-refractivity contribution in [2.75, 3.05) is 0 Å². The van der Waals surface area contributed by atoms with Crippen LogP contribution in [0.15, 0.2) is 63.0 Å². The number of nitrogens with zero attached hydrogens (tertiary/aromatic N) is 1. The van der Waals surface area contributed by atoms with Gasteiger partial charge in [-0.1, -0.05) is 29.8 Å². The van der Waals surface area contributed by atoms with Crippen molar-refractivity contribution in [2.45, 2.75) is 6.92 Å². The van der Waals surface area contributed by atoms with E-state index in [1.165, 1.54) is 11.3 Å². The highest BCUT2D eigenvalue weighted by molar-refractivity contribution is 7.12. The Bertz CT molecular complexity index is 1020. The number of carbonyl (C=O) groups is 1. The lowest BCUT2D eigenvalue weighted by molar-refractivity contribution is -0.129. The van der Waals surface area contributed by atoms with Crippen LogP contribution in [-0.4, -0.2) is 11.9 Å². The molecule has 4 nitrogen and oxygen atoms in total. The van der Waals surface area contributed by atoms with E-state index in [0.717, 1.165) is 16.0 Å². The topological polar surface area (TPSA) is 51.8 Å². The molecule has 6 heteroatoms. The average molecular weight is 370 g/mol. The highest BCUT2D eigenvalue weighted by Crippen LogP contribution is 2.28. The van der Waals surface area contributed by atoms with Gasteiger partial charge in [-0.3, -0.25) is 0 Å². The molecule has 3 aromatic rings. The number of rotatable bonds is 3. The van der Waals surface area contributed by atoms with Gasteiger partial charge in [0.25, 0.3) is 0 Å². The molecule has 0 saturated heterocycles. The van der Waals surface area contributed by atoms with E-state index in [9.17, 15) is 4.79 Å². The number of aliphatic imine (C=N–C) groups is 1. The first kappa shape index (κ1) is 15.9. The molecule has 25 heavy (non-hydrogen) atoms. The van der Waals surface area contributed by atoms with E-state index in [-0.39, 0.29) is 5.70 Å². The summed E-state index contributed by atoms with van der Waals surface area (Å²) in [5, 5.41) is 2.58. The lowest BCUT2D eigenvalue weighted by Gasteiger charge is -2.00. The second-order valence-electron chi connectivity index (χ2n) is 5.48. The van der Waals surface area contributed by atoms with Crippen LogP contribution in [0.3, 0.4) is 0 Å². The third-order valence-electron chi connectivity index (χ3n) is 3.71. The van der Waals surface area contributed by atoms with Gasteiger partial charge in [0, 0.05) is 16.7 Å². The van der Waals surface area contributed by atoms with Crippen LogP contribution in [0.25, 0.3) is 17.4 Å². The number of carbonyl (C=O) groups excluding carboxylic acids is 1. The van der Waals surface area contributed by atoms with Crippen molar-refractivity contribution >= 4 is 40.9 Å². The van der Waals surface area contributed by atoms with Crippen LogP contribution < -0.4 is 0 Å². The summed E-state index contributed by atoms with van der Waals surface area (Å²) in [5.74, 6) is 1.03. The minimum atomic E-state index is -0.486. The normalized spacial score (nSPS) is 15.5. The van der Waals surface area contributed by atoms with E-state index in [4.69, 9.17) is 20.8 Å². The number of hydrogen-bond donors (Lipinski definition) is 0. The van der Waals surface area contributed by atoms with Gasteiger partial charge in [0.05, 0.1) is 4.88 Å². The molecular weight excluding hydrogens is 358 g/mol. The second kappa shape index (κ2) is 6.35. The van der Waals surface area contributed by atoms with Crippen LogP contribution in [0.2, 0.25) is 5.02 Å². The number of benzene rings is 1. The molecule has 124 valence electrons. The molecule has 0 unspecified atom stereocenters. The van der Waals surface area contributed by atoms with Gasteiger partial charge in [-0.05, 0) is 42.1 Å². The predicted octanol–water partition coefficient (Wildman–Crippen LogP) is 5.31. The summed E-state index contributed by atoms with van der Waals surface area (Å²) < 4.78 is 11.0. The lowest BCUT2D eigenvalue weighted by atomic mass is 10.1. The van der Waals surface area contributed by atoms with Crippen LogP contribution >= 0.6 is 22.9 Å². The van der Waals surface area contributed by atoms with Crippen LogP contribution in [0.4, 0.5) is 0 Å². The van der Waals surface area contributed by atoms with Gasteiger partial charge in [0.2, 0.25) is 5.90 Å². The summed E-state index contributed by atoms with van der Waals surface area (Å²) in [4.78, 5) is 17.0. The largest absolute Gasteiger partial charge is 0.457 e. The SMILES string of the molecule is Cc1ccc(-c2ccc(/C=C3\N=C(c4cccs4)OC3=O)o2)cc1Cl. The molecule has 0 aliphatic carbocycles. The molecule has 0 bridgehead atoms. The molecule has 1 aliphatic rings. The molecule has 0 N–H and O–H groups in total. The quantitative estimate of drug-likeness (QED) is 0.464. The summed E-state index contributed by atoms with van der Waals surface area (Å²) in [6.07, 6.45) is 1.57. The summed E-state index contributed by atoms with van der Waals surface area (Å²) in [7, 11) is 0. The third-order valence-corrected chi connectivity index (χ3v) is 4.98. The van der Waals surface area contributed by atoms with Gasteiger partial charge in [0.1, 0.15) is 11.5 Å². The van der Waals surface area contributed by atoms with E-state index in [1.54, 1.807) is 12.1 Å². The zero-order valence-corrected chi connectivity index (χ0v) is 14.7. The first-order valence-corrected chi connectivity index (χ1v) is 8.79. The minimum Gasteiger partial charge on any atom is -0.457 e. The lowest BCUT2D eigenvalue weighted by Crippen LogP contribution is -2.03. The monoisotopic (exact) mass is 369 g/mol. The number of furan rings is 1. The Labute approximate surface area is 153 Å². The molecule has 2 aromatic heterocycles. The van der Waals surface area contributed by atoms with Crippen molar-refractivity contribution < 1.29 is 13.9 Å². The van der Waals surface area contributed by atoms with Crippen molar-refractivity contribution in [3.63, 3.8) is 0 Å². The van der Waals surface area contributed by atoms with E-state index in [2.05, 4.69) is 4.99 Å². The van der Waals surface area contributed by atoms with E-state index >= 15 is 0 Å². The predicted molar refractivity (Wildman–Crippen MR) is 98.8 cm³/mol. The fourth-order valence-electron chi connectivity index (χ4n) is 2.38. The number of thiophene rings is 1. The number of esters is 1. The molecule has 0 radical (unpaired) electrons. The molecule has 1 aliphatic heterocycles. The maximum absolute atomic E-state index is 12.0. The molecule has 0 atom stereocenters. The van der Waals surface area contributed by atoms with Crippen LogP contribution in [0.5, 0.6) is 0 Å². The summed E-state index contributed by atoms with van der Waals surface area (Å²) in [5.41, 5.74) is 2.09. The standard InChI is InChI=1S/C19H12ClNO3S/c1-11-4-5-12(9-14(11)20)16-7-6-13(23-16)10-15-19(22)24-18(21-15)17-3-2-8-25-17/h2-10H,1H3/b15-10-. The van der Waals surface area contributed by atoms with E-state index in [0.29, 0.717) is 22.4 Å². The smallest absolute Gasteiger partial charge is 0.363 e. The maximum Gasteiger partial charge on any atom is 0.363 e. The Balaban J connectivity index is 1.63. The zero-order chi connectivity index (χ0) is 17.4. The second-order valence-corrected chi connectivity index (χ2v) is 6.83. The molecule has 0 fully saturated rings. The van der Waals surface area contributed by atoms with Crippen molar-refractivity contribution in [1.82, 2.24) is 0 Å². The molecule has 3 heterocycles. The molecule has 0 amide bonds. The van der Waals surface area contributed by atoms with Crippen LogP contribution in [0.1, 0.15) is 16.2 Å². The van der Waals surface area contributed by atoms with E-state index in [1.807, 2.05) is 48.7 Å². The third kappa shape index (κ3) is 3.16.